The van der Waals surface area contributed by atoms with Crippen LogP contribution >= 0.6 is 11.3 Å². The Bertz CT molecular complexity index is 804. The van der Waals surface area contributed by atoms with Crippen LogP contribution in [-0.2, 0) is 5.41 Å². The number of thiophene rings is 1. The van der Waals surface area contributed by atoms with Gasteiger partial charge in [0, 0.05) is 12.0 Å². The number of rotatable bonds is 5. The van der Waals surface area contributed by atoms with E-state index in [4.69, 9.17) is 0 Å². The van der Waals surface area contributed by atoms with E-state index in [1.165, 1.54) is 5.56 Å². The Morgan fingerprint density at radius 3 is 2.74 bits per heavy atom. The van der Waals surface area contributed by atoms with Crippen molar-refractivity contribution in [3.63, 3.8) is 0 Å². The van der Waals surface area contributed by atoms with Gasteiger partial charge in [-0.25, -0.2) is 0 Å². The highest BCUT2D eigenvalue weighted by atomic mass is 32.1. The first-order valence-electron chi connectivity index (χ1n) is 7.70. The van der Waals surface area contributed by atoms with E-state index < -0.39 is 0 Å². The lowest BCUT2D eigenvalue weighted by molar-refractivity contribution is 0.0944. The molecule has 1 saturated carbocycles. The van der Waals surface area contributed by atoms with Gasteiger partial charge in [-0.2, -0.15) is 5.10 Å². The van der Waals surface area contributed by atoms with Crippen molar-refractivity contribution in [2.45, 2.75) is 18.3 Å². The normalized spacial score (nSPS) is 15.3. The van der Waals surface area contributed by atoms with Crippen LogP contribution in [0.2, 0.25) is 0 Å². The molecule has 0 unspecified atom stereocenters. The predicted molar refractivity (Wildman–Crippen MR) is 91.6 cm³/mol. The molecule has 1 aromatic carbocycles. The molecule has 2 aromatic heterocycles. The summed E-state index contributed by atoms with van der Waals surface area (Å²) in [6.45, 7) is 0.664. The molecule has 1 amide bonds. The molecule has 0 spiro atoms. The van der Waals surface area contributed by atoms with Crippen molar-refractivity contribution in [2.75, 3.05) is 6.54 Å². The Morgan fingerprint density at radius 1 is 1.22 bits per heavy atom. The van der Waals surface area contributed by atoms with E-state index in [9.17, 15) is 4.79 Å². The van der Waals surface area contributed by atoms with Crippen molar-refractivity contribution in [1.82, 2.24) is 15.5 Å². The number of hydrogen-bond acceptors (Lipinski definition) is 3. The number of aromatic nitrogens is 2. The smallest absolute Gasteiger partial charge is 0.271 e. The summed E-state index contributed by atoms with van der Waals surface area (Å²) in [5.41, 5.74) is 2.75. The Balaban J connectivity index is 1.43. The summed E-state index contributed by atoms with van der Waals surface area (Å²) >= 11 is 1.62. The molecule has 2 N–H and O–H groups in total. The van der Waals surface area contributed by atoms with E-state index in [1.54, 1.807) is 11.3 Å². The van der Waals surface area contributed by atoms with Gasteiger partial charge in [-0.05, 0) is 35.9 Å². The van der Waals surface area contributed by atoms with Crippen LogP contribution in [-0.4, -0.2) is 22.6 Å². The molecule has 1 aliphatic rings. The van der Waals surface area contributed by atoms with Crippen LogP contribution in [0.1, 0.15) is 28.9 Å². The van der Waals surface area contributed by atoms with Crippen LogP contribution < -0.4 is 5.32 Å². The van der Waals surface area contributed by atoms with Gasteiger partial charge in [-0.1, -0.05) is 36.4 Å². The third-order valence-electron chi connectivity index (χ3n) is 4.42. The van der Waals surface area contributed by atoms with E-state index in [1.807, 2.05) is 29.6 Å². The molecule has 0 saturated heterocycles. The highest BCUT2D eigenvalue weighted by Crippen LogP contribution is 2.47. The number of H-pyrrole nitrogens is 1. The number of nitrogens with zero attached hydrogens (tertiary/aromatic N) is 1. The van der Waals surface area contributed by atoms with Gasteiger partial charge in [0.1, 0.15) is 0 Å². The number of nitrogens with one attached hydrogen (secondary N) is 2. The van der Waals surface area contributed by atoms with Gasteiger partial charge in [0.15, 0.2) is 5.69 Å². The molecule has 4 nitrogen and oxygen atoms in total. The Kier molecular flexibility index (Phi) is 3.50. The number of hydrogen-bond donors (Lipinski definition) is 2. The van der Waals surface area contributed by atoms with Crippen LogP contribution in [0, 0.1) is 0 Å². The zero-order valence-electron chi connectivity index (χ0n) is 12.6. The Labute approximate surface area is 138 Å². The SMILES string of the molecule is O=C(NCC1(c2ccccc2)CC1)c1cc(-c2cccs2)[nH]n1. The van der Waals surface area contributed by atoms with E-state index in [-0.39, 0.29) is 11.3 Å². The monoisotopic (exact) mass is 323 g/mol. The third-order valence-corrected chi connectivity index (χ3v) is 5.33. The molecule has 1 fully saturated rings. The average molecular weight is 323 g/mol. The first-order chi connectivity index (χ1) is 11.3. The molecular formula is C18H17N3OS. The minimum atomic E-state index is -0.119. The summed E-state index contributed by atoms with van der Waals surface area (Å²) in [4.78, 5) is 13.4. The van der Waals surface area contributed by atoms with Crippen LogP contribution in [0.15, 0.2) is 53.9 Å². The minimum Gasteiger partial charge on any atom is -0.350 e. The molecule has 0 bridgehead atoms. The van der Waals surface area contributed by atoms with E-state index >= 15 is 0 Å². The van der Waals surface area contributed by atoms with Crippen molar-refractivity contribution in [3.8, 4) is 10.6 Å². The van der Waals surface area contributed by atoms with Crippen molar-refractivity contribution >= 4 is 17.2 Å². The highest BCUT2D eigenvalue weighted by Gasteiger charge is 2.44. The Hall–Kier alpha value is -2.40. The molecule has 5 heteroatoms. The molecule has 23 heavy (non-hydrogen) atoms. The molecule has 2 heterocycles. The van der Waals surface area contributed by atoms with Gasteiger partial charge < -0.3 is 5.32 Å². The lowest BCUT2D eigenvalue weighted by atomic mass is 9.96. The molecule has 0 aliphatic heterocycles. The molecule has 0 radical (unpaired) electrons. The van der Waals surface area contributed by atoms with Crippen molar-refractivity contribution < 1.29 is 4.79 Å². The van der Waals surface area contributed by atoms with Crippen LogP contribution in [0.4, 0.5) is 0 Å². The maximum atomic E-state index is 12.3. The first-order valence-corrected chi connectivity index (χ1v) is 8.58. The van der Waals surface area contributed by atoms with Gasteiger partial charge in [-0.3, -0.25) is 9.89 Å². The molecule has 3 aromatic rings. The highest BCUT2D eigenvalue weighted by molar-refractivity contribution is 7.13. The fourth-order valence-corrected chi connectivity index (χ4v) is 3.54. The second-order valence-electron chi connectivity index (χ2n) is 5.97. The van der Waals surface area contributed by atoms with Crippen LogP contribution in [0.3, 0.4) is 0 Å². The summed E-state index contributed by atoms with van der Waals surface area (Å²) in [5, 5.41) is 12.1. The number of amides is 1. The third kappa shape index (κ3) is 2.80. The van der Waals surface area contributed by atoms with Gasteiger partial charge in [0.2, 0.25) is 0 Å². The first kappa shape index (κ1) is 14.2. The number of benzene rings is 1. The topological polar surface area (TPSA) is 57.8 Å². The number of aromatic amines is 1. The standard InChI is InChI=1S/C18H17N3OS/c22-17(15-11-14(20-21-15)16-7-4-10-23-16)19-12-18(8-9-18)13-5-2-1-3-6-13/h1-7,10-11H,8-9,12H2,(H,19,22)(H,20,21). The molecule has 0 atom stereocenters. The Morgan fingerprint density at radius 2 is 2.04 bits per heavy atom. The van der Waals surface area contributed by atoms with Gasteiger partial charge in [-0.15, -0.1) is 11.3 Å². The van der Waals surface area contributed by atoms with Crippen LogP contribution in [0.25, 0.3) is 10.6 Å². The molecular weight excluding hydrogens is 306 g/mol. The summed E-state index contributed by atoms with van der Waals surface area (Å²) in [7, 11) is 0. The largest absolute Gasteiger partial charge is 0.350 e. The lowest BCUT2D eigenvalue weighted by Gasteiger charge is -2.16. The lowest BCUT2D eigenvalue weighted by Crippen LogP contribution is -2.32. The van der Waals surface area contributed by atoms with Crippen LogP contribution in [0.5, 0.6) is 0 Å². The van der Waals surface area contributed by atoms with Crippen molar-refractivity contribution in [3.05, 3.63) is 65.2 Å². The second kappa shape index (κ2) is 5.66. The molecule has 4 rings (SSSR count). The van der Waals surface area contributed by atoms with E-state index in [0.29, 0.717) is 12.2 Å². The fraction of sp³-hybridized carbons (Fsp3) is 0.222. The van der Waals surface area contributed by atoms with Gasteiger partial charge in [0.25, 0.3) is 5.91 Å². The average Bonchev–Trinajstić information content (AvgIpc) is 3.01. The van der Waals surface area contributed by atoms with Gasteiger partial charge in [0.05, 0.1) is 10.6 Å². The quantitative estimate of drug-likeness (QED) is 0.754. The maximum absolute atomic E-state index is 12.3. The molecule has 1 aliphatic carbocycles. The zero-order valence-corrected chi connectivity index (χ0v) is 13.4. The summed E-state index contributed by atoms with van der Waals surface area (Å²) in [6.07, 6.45) is 2.25. The summed E-state index contributed by atoms with van der Waals surface area (Å²) in [6, 6.07) is 16.2. The maximum Gasteiger partial charge on any atom is 0.271 e. The second-order valence-corrected chi connectivity index (χ2v) is 6.92. The minimum absolute atomic E-state index is 0.115. The van der Waals surface area contributed by atoms with Crippen molar-refractivity contribution in [1.29, 1.82) is 0 Å². The fourth-order valence-electron chi connectivity index (χ4n) is 2.85. The van der Waals surface area contributed by atoms with Crippen molar-refractivity contribution in [2.24, 2.45) is 0 Å². The molecule has 116 valence electrons. The zero-order chi connectivity index (χ0) is 15.7. The number of carbonyl (C=O) groups is 1. The summed E-state index contributed by atoms with van der Waals surface area (Å²) < 4.78 is 0. The predicted octanol–water partition coefficient (Wildman–Crippen LogP) is 3.60. The summed E-state index contributed by atoms with van der Waals surface area (Å²) in [5.74, 6) is -0.119. The van der Waals surface area contributed by atoms with E-state index in [2.05, 4.69) is 39.8 Å². The van der Waals surface area contributed by atoms with Gasteiger partial charge >= 0.3 is 0 Å². The van der Waals surface area contributed by atoms with E-state index in [0.717, 1.165) is 23.4 Å². The number of carbonyl (C=O) groups excluding carboxylic acids is 1.